The molecule has 0 aliphatic heterocycles. The normalized spacial score (nSPS) is 22.8. The van der Waals surface area contributed by atoms with Crippen LogP contribution in [0.15, 0.2) is 48.5 Å². The second-order valence-corrected chi connectivity index (χ2v) is 6.69. The van der Waals surface area contributed by atoms with E-state index < -0.39 is 0 Å². The van der Waals surface area contributed by atoms with E-state index in [1.807, 2.05) is 18.2 Å². The van der Waals surface area contributed by atoms with E-state index >= 15 is 0 Å². The van der Waals surface area contributed by atoms with E-state index in [1.165, 1.54) is 29.5 Å². The highest BCUT2D eigenvalue weighted by atomic mass is 35.5. The Balaban J connectivity index is 0.000000131. The summed E-state index contributed by atoms with van der Waals surface area (Å²) >= 11 is 6.15. The fraction of sp³-hybridized carbons (Fsp3) is 0.400. The van der Waals surface area contributed by atoms with Crippen molar-refractivity contribution in [1.29, 1.82) is 0 Å². The van der Waals surface area contributed by atoms with Gasteiger partial charge in [-0.05, 0) is 60.8 Å². The SMILES string of the molecule is ClC1CCCc2ccccc21.OC1CCCc2ccccc21. The van der Waals surface area contributed by atoms with E-state index in [9.17, 15) is 5.11 Å². The van der Waals surface area contributed by atoms with Gasteiger partial charge in [0.1, 0.15) is 0 Å². The van der Waals surface area contributed by atoms with Crippen molar-refractivity contribution in [3.05, 3.63) is 70.8 Å². The lowest BCUT2D eigenvalue weighted by molar-refractivity contribution is 0.156. The summed E-state index contributed by atoms with van der Waals surface area (Å²) in [5, 5.41) is 9.83. The fourth-order valence-corrected chi connectivity index (χ4v) is 3.79. The van der Waals surface area contributed by atoms with Crippen LogP contribution in [0, 0.1) is 0 Å². The van der Waals surface area contributed by atoms with Gasteiger partial charge < -0.3 is 5.11 Å². The summed E-state index contributed by atoms with van der Waals surface area (Å²) in [7, 11) is 0. The average Bonchev–Trinajstić information content (AvgIpc) is 2.57. The first-order valence-electron chi connectivity index (χ1n) is 8.23. The van der Waals surface area contributed by atoms with Crippen LogP contribution < -0.4 is 0 Å². The lowest BCUT2D eigenvalue weighted by Gasteiger charge is -2.20. The third-order valence-electron chi connectivity index (χ3n) is 4.63. The van der Waals surface area contributed by atoms with Crippen molar-refractivity contribution in [2.45, 2.75) is 50.0 Å². The lowest BCUT2D eigenvalue weighted by Crippen LogP contribution is -2.08. The number of halogens is 1. The highest BCUT2D eigenvalue weighted by Gasteiger charge is 2.16. The van der Waals surface area contributed by atoms with Crippen molar-refractivity contribution in [3.63, 3.8) is 0 Å². The standard InChI is InChI=1S/C10H11Cl.C10H12O/c2*11-10-7-3-5-8-4-1-2-6-9(8)10/h1-2,4,6,10H,3,5,7H2;1-2,4,6,10-11H,3,5,7H2. The van der Waals surface area contributed by atoms with E-state index in [0.717, 1.165) is 31.2 Å². The van der Waals surface area contributed by atoms with Crippen LogP contribution in [0.1, 0.15) is 59.4 Å². The molecule has 2 aromatic carbocycles. The molecule has 0 bridgehead atoms. The van der Waals surface area contributed by atoms with Crippen LogP contribution in [0.25, 0.3) is 0 Å². The molecule has 2 aliphatic rings. The molecule has 0 saturated carbocycles. The monoisotopic (exact) mass is 314 g/mol. The first kappa shape index (κ1) is 15.6. The number of hydrogen-bond donors (Lipinski definition) is 1. The molecule has 22 heavy (non-hydrogen) atoms. The van der Waals surface area contributed by atoms with Gasteiger partial charge in [-0.2, -0.15) is 0 Å². The smallest absolute Gasteiger partial charge is 0.0792 e. The van der Waals surface area contributed by atoms with Gasteiger partial charge in [0.15, 0.2) is 0 Å². The van der Waals surface area contributed by atoms with Crippen molar-refractivity contribution in [2.24, 2.45) is 0 Å². The summed E-state index contributed by atoms with van der Waals surface area (Å²) < 4.78 is 0. The molecular weight excluding hydrogens is 292 g/mol. The summed E-state index contributed by atoms with van der Waals surface area (Å²) in [6.45, 7) is 0. The molecule has 2 aliphatic carbocycles. The Labute approximate surface area is 137 Å². The number of benzene rings is 2. The second-order valence-electron chi connectivity index (χ2n) is 6.17. The fourth-order valence-electron chi connectivity index (χ4n) is 3.42. The first-order valence-corrected chi connectivity index (χ1v) is 8.67. The van der Waals surface area contributed by atoms with Gasteiger partial charge in [-0.15, -0.1) is 11.6 Å². The molecule has 2 aromatic rings. The van der Waals surface area contributed by atoms with E-state index in [2.05, 4.69) is 30.3 Å². The van der Waals surface area contributed by atoms with E-state index in [0.29, 0.717) is 0 Å². The molecule has 0 amide bonds. The molecule has 1 nitrogen and oxygen atoms in total. The molecule has 2 atom stereocenters. The van der Waals surface area contributed by atoms with Crippen LogP contribution in [-0.2, 0) is 12.8 Å². The Morgan fingerprint density at radius 2 is 1.32 bits per heavy atom. The molecule has 116 valence electrons. The van der Waals surface area contributed by atoms with Gasteiger partial charge in [-0.25, -0.2) is 0 Å². The number of hydrogen-bond acceptors (Lipinski definition) is 1. The zero-order chi connectivity index (χ0) is 15.4. The van der Waals surface area contributed by atoms with Crippen LogP contribution >= 0.6 is 11.6 Å². The van der Waals surface area contributed by atoms with Gasteiger partial charge in [0, 0.05) is 0 Å². The number of alkyl halides is 1. The van der Waals surface area contributed by atoms with Crippen molar-refractivity contribution in [1.82, 2.24) is 0 Å². The van der Waals surface area contributed by atoms with Crippen molar-refractivity contribution >= 4 is 11.6 Å². The summed E-state index contributed by atoms with van der Waals surface area (Å²) in [4.78, 5) is 0. The van der Waals surface area contributed by atoms with Crippen LogP contribution in [-0.4, -0.2) is 5.11 Å². The average molecular weight is 315 g/mol. The maximum atomic E-state index is 9.56. The molecular formula is C20H23ClO. The van der Waals surface area contributed by atoms with Gasteiger partial charge in [0.05, 0.1) is 11.5 Å². The molecule has 0 spiro atoms. The maximum Gasteiger partial charge on any atom is 0.0792 e. The third kappa shape index (κ3) is 3.53. The van der Waals surface area contributed by atoms with Crippen molar-refractivity contribution in [2.75, 3.05) is 0 Å². The number of aliphatic hydroxyl groups excluding tert-OH is 1. The molecule has 2 heteroatoms. The summed E-state index contributed by atoms with van der Waals surface area (Å²) in [5.41, 5.74) is 5.25. The van der Waals surface area contributed by atoms with Gasteiger partial charge in [-0.1, -0.05) is 48.5 Å². The molecule has 2 unspecified atom stereocenters. The Hall–Kier alpha value is -1.31. The first-order chi connectivity index (χ1) is 10.8. The minimum atomic E-state index is -0.208. The summed E-state index contributed by atoms with van der Waals surface area (Å²) in [6.07, 6.45) is 6.56. The van der Waals surface area contributed by atoms with Crippen LogP contribution in [0.2, 0.25) is 0 Å². The van der Waals surface area contributed by atoms with Gasteiger partial charge in [0.2, 0.25) is 0 Å². The number of fused-ring (bicyclic) bond motifs is 2. The molecule has 0 radical (unpaired) electrons. The molecule has 0 heterocycles. The molecule has 4 rings (SSSR count). The lowest BCUT2D eigenvalue weighted by atomic mass is 9.90. The zero-order valence-electron chi connectivity index (χ0n) is 12.8. The highest BCUT2D eigenvalue weighted by molar-refractivity contribution is 6.21. The van der Waals surface area contributed by atoms with Gasteiger partial charge in [-0.3, -0.25) is 0 Å². The second kappa shape index (κ2) is 7.30. The minimum absolute atomic E-state index is 0.208. The predicted molar refractivity (Wildman–Crippen MR) is 92.3 cm³/mol. The largest absolute Gasteiger partial charge is 0.388 e. The van der Waals surface area contributed by atoms with E-state index in [4.69, 9.17) is 11.6 Å². The summed E-state index contributed by atoms with van der Waals surface area (Å²) in [5.74, 6) is 0. The summed E-state index contributed by atoms with van der Waals surface area (Å²) in [6, 6.07) is 16.7. The molecule has 1 N–H and O–H groups in total. The van der Waals surface area contributed by atoms with E-state index in [1.54, 1.807) is 0 Å². The van der Waals surface area contributed by atoms with Crippen molar-refractivity contribution in [3.8, 4) is 0 Å². The third-order valence-corrected chi connectivity index (χ3v) is 5.09. The molecule has 0 fully saturated rings. The van der Waals surface area contributed by atoms with Gasteiger partial charge in [0.25, 0.3) is 0 Å². The molecule has 0 saturated heterocycles. The highest BCUT2D eigenvalue weighted by Crippen LogP contribution is 2.33. The Morgan fingerprint density at radius 3 is 1.95 bits per heavy atom. The Bertz CT molecular complexity index is 567. The Morgan fingerprint density at radius 1 is 0.773 bits per heavy atom. The van der Waals surface area contributed by atoms with Crippen molar-refractivity contribution < 1.29 is 5.11 Å². The number of aliphatic hydroxyl groups is 1. The maximum absolute atomic E-state index is 9.56. The molecule has 0 aromatic heterocycles. The predicted octanol–water partition coefficient (Wildman–Crippen LogP) is 5.36. The number of aryl methyl sites for hydroxylation is 2. The van der Waals surface area contributed by atoms with Crippen LogP contribution in [0.5, 0.6) is 0 Å². The topological polar surface area (TPSA) is 20.2 Å². The van der Waals surface area contributed by atoms with Crippen LogP contribution in [0.4, 0.5) is 0 Å². The quantitative estimate of drug-likeness (QED) is 0.649. The van der Waals surface area contributed by atoms with Crippen LogP contribution in [0.3, 0.4) is 0 Å². The van der Waals surface area contributed by atoms with Gasteiger partial charge >= 0.3 is 0 Å². The Kier molecular flexibility index (Phi) is 5.17. The zero-order valence-corrected chi connectivity index (χ0v) is 13.6. The minimum Gasteiger partial charge on any atom is -0.388 e. The van der Waals surface area contributed by atoms with E-state index in [-0.39, 0.29) is 11.5 Å². The number of rotatable bonds is 0.